The normalized spacial score (nSPS) is 10.5. The predicted octanol–water partition coefficient (Wildman–Crippen LogP) is 3.98. The van der Waals surface area contributed by atoms with E-state index in [-0.39, 0.29) is 28.6 Å². The number of hydrogen-bond donors (Lipinski definition) is 1. The van der Waals surface area contributed by atoms with E-state index < -0.39 is 18.5 Å². The van der Waals surface area contributed by atoms with E-state index in [0.29, 0.717) is 17.9 Å². The molecular formula is C25H21N5O5. The first kappa shape index (κ1) is 23.2. The Morgan fingerprint density at radius 2 is 1.80 bits per heavy atom. The second kappa shape index (κ2) is 9.49. The molecule has 0 aliphatic heterocycles. The number of aromatic nitrogens is 2. The van der Waals surface area contributed by atoms with Gasteiger partial charge >= 0.3 is 5.97 Å². The summed E-state index contributed by atoms with van der Waals surface area (Å²) < 4.78 is 19.5. The Bertz CT molecular complexity index is 1470. The lowest BCUT2D eigenvalue weighted by Crippen LogP contribution is -2.23. The lowest BCUT2D eigenvalue weighted by molar-refractivity contribution is -0.119. The number of nitriles is 2. The molecule has 0 spiro atoms. The van der Waals surface area contributed by atoms with E-state index in [1.54, 1.807) is 59.0 Å². The van der Waals surface area contributed by atoms with Crippen molar-refractivity contribution in [1.29, 1.82) is 10.5 Å². The van der Waals surface area contributed by atoms with Gasteiger partial charge in [-0.25, -0.2) is 4.79 Å². The molecule has 0 bridgehead atoms. The number of nitrogens with one attached hydrogen (secondary N) is 1. The highest BCUT2D eigenvalue weighted by molar-refractivity contribution is 5.98. The van der Waals surface area contributed by atoms with Crippen LogP contribution in [0.3, 0.4) is 0 Å². The van der Waals surface area contributed by atoms with Gasteiger partial charge in [0.05, 0.1) is 18.4 Å². The summed E-state index contributed by atoms with van der Waals surface area (Å²) in [4.78, 5) is 25.4. The number of carbonyl (C=O) groups is 2. The molecule has 0 fully saturated rings. The SMILES string of the molecule is Cc1oc(-n2cccc2)c(C#N)c1C(=O)OCC(=O)Nc1c(C#N)c(C)c(C)n1Cc1ccco1. The van der Waals surface area contributed by atoms with E-state index >= 15 is 0 Å². The summed E-state index contributed by atoms with van der Waals surface area (Å²) in [6, 6.07) is 11.1. The Morgan fingerprint density at radius 1 is 1.09 bits per heavy atom. The summed E-state index contributed by atoms with van der Waals surface area (Å²) in [5, 5.41) is 21.9. The highest BCUT2D eigenvalue weighted by atomic mass is 16.5. The summed E-state index contributed by atoms with van der Waals surface area (Å²) in [6.07, 6.45) is 4.89. The van der Waals surface area contributed by atoms with E-state index in [1.807, 2.05) is 13.0 Å². The van der Waals surface area contributed by atoms with Crippen LogP contribution in [0.15, 0.2) is 51.8 Å². The van der Waals surface area contributed by atoms with Crippen LogP contribution in [0.1, 0.15) is 44.3 Å². The van der Waals surface area contributed by atoms with Crippen LogP contribution in [0.2, 0.25) is 0 Å². The minimum Gasteiger partial charge on any atom is -0.467 e. The zero-order chi connectivity index (χ0) is 25.1. The van der Waals surface area contributed by atoms with Crippen molar-refractivity contribution in [2.24, 2.45) is 0 Å². The van der Waals surface area contributed by atoms with Gasteiger partial charge in [-0.2, -0.15) is 10.5 Å². The third kappa shape index (κ3) is 4.33. The van der Waals surface area contributed by atoms with Crippen molar-refractivity contribution >= 4 is 17.7 Å². The fraction of sp³-hybridized carbons (Fsp3) is 0.200. The molecule has 35 heavy (non-hydrogen) atoms. The van der Waals surface area contributed by atoms with Crippen molar-refractivity contribution in [1.82, 2.24) is 9.13 Å². The molecule has 4 aromatic rings. The van der Waals surface area contributed by atoms with E-state index in [9.17, 15) is 20.1 Å². The smallest absolute Gasteiger partial charge is 0.343 e. The molecule has 0 aliphatic carbocycles. The van der Waals surface area contributed by atoms with Crippen LogP contribution in [0.4, 0.5) is 5.82 Å². The van der Waals surface area contributed by atoms with Gasteiger partial charge < -0.3 is 23.5 Å². The lowest BCUT2D eigenvalue weighted by atomic mass is 10.1. The van der Waals surface area contributed by atoms with Crippen LogP contribution in [0.25, 0.3) is 5.88 Å². The standard InChI is InChI=1S/C25H21N5O5/c1-15-16(2)30(13-18-7-6-10-33-18)23(19(15)11-26)28-21(31)14-34-25(32)22-17(3)35-24(20(22)12-27)29-8-4-5-9-29/h4-10H,13-14H2,1-3H3,(H,28,31). The van der Waals surface area contributed by atoms with Crippen LogP contribution < -0.4 is 5.32 Å². The molecular weight excluding hydrogens is 450 g/mol. The van der Waals surface area contributed by atoms with E-state index in [4.69, 9.17) is 13.6 Å². The Kier molecular flexibility index (Phi) is 6.30. The topological polar surface area (TPSA) is 139 Å². The minimum atomic E-state index is -0.866. The molecule has 1 N–H and O–H groups in total. The van der Waals surface area contributed by atoms with Gasteiger partial charge in [0.1, 0.15) is 40.6 Å². The zero-order valence-electron chi connectivity index (χ0n) is 19.3. The molecule has 4 heterocycles. The number of aryl methyl sites for hydroxylation is 1. The van der Waals surface area contributed by atoms with Crippen molar-refractivity contribution in [2.45, 2.75) is 27.3 Å². The maximum absolute atomic E-state index is 12.8. The molecule has 10 heteroatoms. The van der Waals surface area contributed by atoms with Gasteiger partial charge in [-0.15, -0.1) is 0 Å². The summed E-state index contributed by atoms with van der Waals surface area (Å²) in [7, 11) is 0. The van der Waals surface area contributed by atoms with Gasteiger partial charge in [0.2, 0.25) is 5.88 Å². The monoisotopic (exact) mass is 471 g/mol. The molecule has 0 unspecified atom stereocenters. The largest absolute Gasteiger partial charge is 0.467 e. The van der Waals surface area contributed by atoms with Crippen LogP contribution in [-0.4, -0.2) is 27.6 Å². The van der Waals surface area contributed by atoms with E-state index in [0.717, 1.165) is 11.3 Å². The zero-order valence-corrected chi connectivity index (χ0v) is 19.3. The predicted molar refractivity (Wildman–Crippen MR) is 123 cm³/mol. The molecule has 0 radical (unpaired) electrons. The van der Waals surface area contributed by atoms with Crippen LogP contribution in [0, 0.1) is 43.4 Å². The van der Waals surface area contributed by atoms with Gasteiger partial charge in [-0.05, 0) is 50.6 Å². The van der Waals surface area contributed by atoms with Crippen molar-refractivity contribution in [2.75, 3.05) is 11.9 Å². The highest BCUT2D eigenvalue weighted by Crippen LogP contribution is 2.28. The number of anilines is 1. The Hall–Kier alpha value is -4.96. The third-order valence-corrected chi connectivity index (χ3v) is 5.65. The molecule has 0 saturated carbocycles. The van der Waals surface area contributed by atoms with Crippen LogP contribution in [0.5, 0.6) is 0 Å². The molecule has 0 aromatic carbocycles. The van der Waals surface area contributed by atoms with Gasteiger partial charge in [0.15, 0.2) is 6.61 Å². The second-order valence-corrected chi connectivity index (χ2v) is 7.75. The maximum Gasteiger partial charge on any atom is 0.343 e. The molecule has 0 saturated heterocycles. The summed E-state index contributed by atoms with van der Waals surface area (Å²) in [5.74, 6) is -0.194. The van der Waals surface area contributed by atoms with Crippen molar-refractivity contribution in [3.8, 4) is 18.0 Å². The first-order valence-corrected chi connectivity index (χ1v) is 10.6. The van der Waals surface area contributed by atoms with Gasteiger partial charge in [-0.3, -0.25) is 9.36 Å². The number of ether oxygens (including phenoxy) is 1. The van der Waals surface area contributed by atoms with Gasteiger partial charge in [0.25, 0.3) is 5.91 Å². The number of furan rings is 2. The van der Waals surface area contributed by atoms with Crippen LogP contribution in [-0.2, 0) is 16.1 Å². The number of carbonyl (C=O) groups excluding carboxylic acids is 2. The van der Waals surface area contributed by atoms with Crippen molar-refractivity contribution < 1.29 is 23.2 Å². The first-order chi connectivity index (χ1) is 16.8. The number of esters is 1. The number of nitrogens with zero attached hydrogens (tertiary/aromatic N) is 4. The summed E-state index contributed by atoms with van der Waals surface area (Å²) in [5.41, 5.74) is 1.78. The minimum absolute atomic E-state index is 0.00875. The number of amides is 1. The van der Waals surface area contributed by atoms with Crippen LogP contribution >= 0.6 is 0 Å². The first-order valence-electron chi connectivity index (χ1n) is 10.6. The quantitative estimate of drug-likeness (QED) is 0.402. The van der Waals surface area contributed by atoms with Gasteiger partial charge in [-0.1, -0.05) is 0 Å². The Morgan fingerprint density at radius 3 is 2.43 bits per heavy atom. The van der Waals surface area contributed by atoms with Crippen molar-refractivity contribution in [3.05, 3.63) is 82.4 Å². The maximum atomic E-state index is 12.8. The van der Waals surface area contributed by atoms with E-state index in [1.165, 1.54) is 6.92 Å². The van der Waals surface area contributed by atoms with Gasteiger partial charge in [0, 0.05) is 18.1 Å². The lowest BCUT2D eigenvalue weighted by Gasteiger charge is -2.12. The molecule has 10 nitrogen and oxygen atoms in total. The van der Waals surface area contributed by atoms with E-state index in [2.05, 4.69) is 11.4 Å². The highest BCUT2D eigenvalue weighted by Gasteiger charge is 2.27. The molecule has 176 valence electrons. The number of hydrogen-bond acceptors (Lipinski definition) is 7. The molecule has 0 aliphatic rings. The Labute approximate surface area is 200 Å². The molecule has 4 aromatic heterocycles. The molecule has 1 amide bonds. The fourth-order valence-corrected chi connectivity index (χ4v) is 3.79. The fourth-order valence-electron chi connectivity index (χ4n) is 3.79. The molecule has 0 atom stereocenters. The summed E-state index contributed by atoms with van der Waals surface area (Å²) >= 11 is 0. The second-order valence-electron chi connectivity index (χ2n) is 7.75. The average molecular weight is 471 g/mol. The third-order valence-electron chi connectivity index (χ3n) is 5.65. The van der Waals surface area contributed by atoms with Crippen molar-refractivity contribution in [3.63, 3.8) is 0 Å². The molecule has 4 rings (SSSR count). The Balaban J connectivity index is 1.52. The number of rotatable bonds is 7. The average Bonchev–Trinajstić information content (AvgIpc) is 3.63. The summed E-state index contributed by atoms with van der Waals surface area (Å²) in [6.45, 7) is 4.84.